The summed E-state index contributed by atoms with van der Waals surface area (Å²) in [5, 5.41) is 11.1. The lowest BCUT2D eigenvalue weighted by Crippen LogP contribution is -1.91. The Kier molecular flexibility index (Phi) is 3.16. The van der Waals surface area contributed by atoms with Crippen LogP contribution in [0.4, 0.5) is 5.69 Å². The number of para-hydroxylation sites is 2. The zero-order valence-electron chi connectivity index (χ0n) is 12.8. The molecule has 2 aromatic carbocycles. The minimum Gasteiger partial charge on any atom is -0.453 e. The van der Waals surface area contributed by atoms with Gasteiger partial charge < -0.3 is 9.40 Å². The molecule has 2 aromatic heterocycles. The van der Waals surface area contributed by atoms with Gasteiger partial charge in [-0.05, 0) is 31.2 Å². The highest BCUT2D eigenvalue weighted by molar-refractivity contribution is 5.78. The molecule has 0 saturated carbocycles. The van der Waals surface area contributed by atoms with E-state index in [1.165, 1.54) is 6.07 Å². The van der Waals surface area contributed by atoms with E-state index in [2.05, 4.69) is 9.97 Å². The average molecular weight is 319 g/mol. The molecule has 0 fully saturated rings. The zero-order chi connectivity index (χ0) is 16.7. The normalized spacial score (nSPS) is 11.0. The van der Waals surface area contributed by atoms with Gasteiger partial charge in [0.1, 0.15) is 5.76 Å². The molecule has 0 amide bonds. The topological polar surface area (TPSA) is 85.0 Å². The summed E-state index contributed by atoms with van der Waals surface area (Å²) in [6.45, 7) is 1.71. The van der Waals surface area contributed by atoms with Crippen molar-refractivity contribution in [1.82, 2.24) is 9.97 Å². The zero-order valence-corrected chi connectivity index (χ0v) is 12.8. The summed E-state index contributed by atoms with van der Waals surface area (Å²) in [4.78, 5) is 18.4. The SMILES string of the molecule is Cc1ccc(-c2ccc(-c3nc4ccccc4[nH]3)o2)cc1[N+](=O)[O-]. The van der Waals surface area contributed by atoms with Crippen molar-refractivity contribution >= 4 is 16.7 Å². The number of nitrogens with zero attached hydrogens (tertiary/aromatic N) is 2. The number of imidazole rings is 1. The molecule has 0 aliphatic heterocycles. The summed E-state index contributed by atoms with van der Waals surface area (Å²) in [5.41, 5.74) is 3.14. The number of H-pyrrole nitrogens is 1. The minimum atomic E-state index is -0.387. The number of rotatable bonds is 3. The molecule has 0 spiro atoms. The Hall–Kier alpha value is -3.41. The Bertz CT molecular complexity index is 1030. The van der Waals surface area contributed by atoms with E-state index in [1.54, 1.807) is 25.1 Å². The van der Waals surface area contributed by atoms with Crippen molar-refractivity contribution < 1.29 is 9.34 Å². The van der Waals surface area contributed by atoms with Crippen molar-refractivity contribution in [2.45, 2.75) is 6.92 Å². The molecule has 24 heavy (non-hydrogen) atoms. The van der Waals surface area contributed by atoms with Gasteiger partial charge in [-0.1, -0.05) is 24.3 Å². The number of hydrogen-bond donors (Lipinski definition) is 1. The van der Waals surface area contributed by atoms with Gasteiger partial charge in [0.25, 0.3) is 5.69 Å². The maximum Gasteiger partial charge on any atom is 0.273 e. The maximum absolute atomic E-state index is 11.1. The van der Waals surface area contributed by atoms with E-state index in [0.717, 1.165) is 11.0 Å². The van der Waals surface area contributed by atoms with E-state index in [4.69, 9.17) is 4.42 Å². The largest absolute Gasteiger partial charge is 0.453 e. The van der Waals surface area contributed by atoms with Crippen LogP contribution < -0.4 is 0 Å². The predicted octanol–water partition coefficient (Wildman–Crippen LogP) is 4.71. The third-order valence-electron chi connectivity index (χ3n) is 3.92. The Labute approximate surface area is 136 Å². The third kappa shape index (κ3) is 2.34. The van der Waals surface area contributed by atoms with E-state index >= 15 is 0 Å². The quantitative estimate of drug-likeness (QED) is 0.438. The highest BCUT2D eigenvalue weighted by Gasteiger charge is 2.15. The Morgan fingerprint density at radius 3 is 2.67 bits per heavy atom. The number of aromatic nitrogens is 2. The standard InChI is InChI=1S/C18H13N3O3/c1-11-6-7-12(10-15(11)21(22)23)16-8-9-17(24-16)18-19-13-4-2-3-5-14(13)20-18/h2-10H,1H3,(H,19,20). The van der Waals surface area contributed by atoms with Crippen LogP contribution in [0.1, 0.15) is 5.56 Å². The summed E-state index contributed by atoms with van der Waals surface area (Å²) in [6, 6.07) is 16.4. The summed E-state index contributed by atoms with van der Waals surface area (Å²) in [7, 11) is 0. The van der Waals surface area contributed by atoms with Crippen LogP contribution in [0.25, 0.3) is 33.9 Å². The van der Waals surface area contributed by atoms with Crippen molar-refractivity contribution in [2.24, 2.45) is 0 Å². The summed E-state index contributed by atoms with van der Waals surface area (Å²) < 4.78 is 5.84. The molecule has 0 aliphatic rings. The lowest BCUT2D eigenvalue weighted by molar-refractivity contribution is -0.385. The highest BCUT2D eigenvalue weighted by atomic mass is 16.6. The number of aryl methyl sites for hydroxylation is 1. The molecule has 1 N–H and O–H groups in total. The van der Waals surface area contributed by atoms with E-state index in [9.17, 15) is 10.1 Å². The second-order valence-corrected chi connectivity index (χ2v) is 5.52. The van der Waals surface area contributed by atoms with E-state index in [-0.39, 0.29) is 10.6 Å². The molecule has 0 bridgehead atoms. The predicted molar refractivity (Wildman–Crippen MR) is 90.6 cm³/mol. The van der Waals surface area contributed by atoms with Crippen molar-refractivity contribution in [1.29, 1.82) is 0 Å². The molecule has 0 unspecified atom stereocenters. The number of furan rings is 1. The number of benzene rings is 2. The highest BCUT2D eigenvalue weighted by Crippen LogP contribution is 2.31. The molecule has 0 saturated heterocycles. The van der Waals surface area contributed by atoms with Crippen molar-refractivity contribution in [3.05, 3.63) is 70.3 Å². The molecule has 6 heteroatoms. The molecular formula is C18H13N3O3. The summed E-state index contributed by atoms with van der Waals surface area (Å²) in [5.74, 6) is 1.78. The van der Waals surface area contributed by atoms with Crippen LogP contribution in [-0.4, -0.2) is 14.9 Å². The second-order valence-electron chi connectivity index (χ2n) is 5.52. The van der Waals surface area contributed by atoms with Crippen molar-refractivity contribution in [3.8, 4) is 22.9 Å². The fraction of sp³-hybridized carbons (Fsp3) is 0.0556. The van der Waals surface area contributed by atoms with Crippen LogP contribution in [0.15, 0.2) is 59.0 Å². The van der Waals surface area contributed by atoms with Gasteiger partial charge in [-0.3, -0.25) is 10.1 Å². The van der Waals surface area contributed by atoms with Gasteiger partial charge in [-0.15, -0.1) is 0 Å². The smallest absolute Gasteiger partial charge is 0.273 e. The monoisotopic (exact) mass is 319 g/mol. The molecule has 0 radical (unpaired) electrons. The van der Waals surface area contributed by atoms with Gasteiger partial charge >= 0.3 is 0 Å². The molecular weight excluding hydrogens is 306 g/mol. The first-order valence-electron chi connectivity index (χ1n) is 7.42. The Morgan fingerprint density at radius 2 is 1.88 bits per heavy atom. The second kappa shape index (κ2) is 5.34. The number of fused-ring (bicyclic) bond motifs is 1. The molecule has 6 nitrogen and oxygen atoms in total. The number of nitro benzene ring substituents is 1. The van der Waals surface area contributed by atoms with Gasteiger partial charge in [0.05, 0.1) is 16.0 Å². The summed E-state index contributed by atoms with van der Waals surface area (Å²) in [6.07, 6.45) is 0. The number of nitrogens with one attached hydrogen (secondary N) is 1. The van der Waals surface area contributed by atoms with Gasteiger partial charge in [-0.2, -0.15) is 0 Å². The first-order valence-corrected chi connectivity index (χ1v) is 7.42. The number of nitro groups is 1. The number of aromatic amines is 1. The van der Waals surface area contributed by atoms with Gasteiger partial charge in [-0.25, -0.2) is 4.98 Å². The van der Waals surface area contributed by atoms with Crippen LogP contribution >= 0.6 is 0 Å². The van der Waals surface area contributed by atoms with E-state index in [0.29, 0.717) is 28.5 Å². The van der Waals surface area contributed by atoms with Gasteiger partial charge in [0, 0.05) is 17.2 Å². The molecule has 0 atom stereocenters. The van der Waals surface area contributed by atoms with Crippen LogP contribution in [0.5, 0.6) is 0 Å². The van der Waals surface area contributed by atoms with E-state index in [1.807, 2.05) is 30.3 Å². The first-order chi connectivity index (χ1) is 11.6. The molecule has 118 valence electrons. The molecule has 0 aliphatic carbocycles. The Morgan fingerprint density at radius 1 is 1.08 bits per heavy atom. The van der Waals surface area contributed by atoms with Crippen molar-refractivity contribution in [2.75, 3.05) is 0 Å². The summed E-state index contributed by atoms with van der Waals surface area (Å²) >= 11 is 0. The van der Waals surface area contributed by atoms with Crippen molar-refractivity contribution in [3.63, 3.8) is 0 Å². The van der Waals surface area contributed by atoms with Gasteiger partial charge in [0.15, 0.2) is 11.6 Å². The fourth-order valence-electron chi connectivity index (χ4n) is 2.65. The fourth-order valence-corrected chi connectivity index (χ4v) is 2.65. The van der Waals surface area contributed by atoms with Crippen LogP contribution in [0, 0.1) is 17.0 Å². The van der Waals surface area contributed by atoms with Gasteiger partial charge in [0.2, 0.25) is 0 Å². The third-order valence-corrected chi connectivity index (χ3v) is 3.92. The maximum atomic E-state index is 11.1. The lowest BCUT2D eigenvalue weighted by atomic mass is 10.1. The number of hydrogen-bond acceptors (Lipinski definition) is 4. The van der Waals surface area contributed by atoms with Crippen LogP contribution in [0.2, 0.25) is 0 Å². The molecule has 4 rings (SSSR count). The minimum absolute atomic E-state index is 0.0780. The average Bonchev–Trinajstić information content (AvgIpc) is 3.21. The molecule has 2 heterocycles. The van der Waals surface area contributed by atoms with Crippen LogP contribution in [0.3, 0.4) is 0 Å². The first kappa shape index (κ1) is 14.2. The Balaban J connectivity index is 1.75. The molecule has 4 aromatic rings. The van der Waals surface area contributed by atoms with E-state index < -0.39 is 0 Å². The van der Waals surface area contributed by atoms with Crippen LogP contribution in [-0.2, 0) is 0 Å². The lowest BCUT2D eigenvalue weighted by Gasteiger charge is -2.00.